The number of aromatic nitrogens is 3. The maximum atomic E-state index is 11.3. The Bertz CT molecular complexity index is 306. The summed E-state index contributed by atoms with van der Waals surface area (Å²) >= 11 is 0. The van der Waals surface area contributed by atoms with Crippen molar-refractivity contribution < 1.29 is 4.79 Å². The molecule has 0 saturated heterocycles. The van der Waals surface area contributed by atoms with E-state index in [9.17, 15) is 4.79 Å². The predicted molar refractivity (Wildman–Crippen MR) is 54.4 cm³/mol. The number of nitrogens with zero attached hydrogens (tertiary/aromatic N) is 2. The van der Waals surface area contributed by atoms with E-state index < -0.39 is 0 Å². The minimum absolute atomic E-state index is 0.195. The lowest BCUT2D eigenvalue weighted by atomic mass is 10.4. The molecule has 0 radical (unpaired) electrons. The number of amides is 1. The first-order chi connectivity index (χ1) is 7.36. The molecule has 0 aliphatic heterocycles. The van der Waals surface area contributed by atoms with E-state index in [-0.39, 0.29) is 11.7 Å². The fourth-order valence-electron chi connectivity index (χ4n) is 1.28. The maximum absolute atomic E-state index is 11.3. The largest absolute Gasteiger partial charge is 0.349 e. The van der Waals surface area contributed by atoms with Crippen molar-refractivity contribution in [1.82, 2.24) is 25.8 Å². The highest BCUT2D eigenvalue weighted by Gasteiger charge is 2.19. The Morgan fingerprint density at radius 2 is 2.40 bits per heavy atom. The van der Waals surface area contributed by atoms with Gasteiger partial charge in [-0.05, 0) is 25.8 Å². The zero-order valence-corrected chi connectivity index (χ0v) is 8.49. The number of rotatable bonds is 6. The van der Waals surface area contributed by atoms with Crippen molar-refractivity contribution in [2.45, 2.75) is 25.3 Å². The van der Waals surface area contributed by atoms with Crippen LogP contribution in [-0.2, 0) is 0 Å². The van der Waals surface area contributed by atoms with E-state index in [2.05, 4.69) is 25.8 Å². The molecule has 6 heteroatoms. The van der Waals surface area contributed by atoms with Crippen LogP contribution in [-0.4, -0.2) is 40.2 Å². The summed E-state index contributed by atoms with van der Waals surface area (Å²) in [7, 11) is 0. The van der Waals surface area contributed by atoms with E-state index in [4.69, 9.17) is 0 Å². The van der Waals surface area contributed by atoms with Crippen LogP contribution in [0.4, 0.5) is 0 Å². The lowest BCUT2D eigenvalue weighted by Crippen LogP contribution is -2.28. The van der Waals surface area contributed by atoms with Gasteiger partial charge in [-0.15, -0.1) is 0 Å². The molecule has 1 fully saturated rings. The Labute approximate surface area is 87.9 Å². The van der Waals surface area contributed by atoms with Gasteiger partial charge in [-0.1, -0.05) is 0 Å². The molecule has 3 N–H and O–H groups in total. The third-order valence-corrected chi connectivity index (χ3v) is 2.28. The van der Waals surface area contributed by atoms with E-state index in [1.54, 1.807) is 0 Å². The Hall–Kier alpha value is -1.43. The van der Waals surface area contributed by atoms with Crippen LogP contribution in [0.3, 0.4) is 0 Å². The SMILES string of the molecule is O=C(NCCCNC1CC1)c1ncn[nH]1. The summed E-state index contributed by atoms with van der Waals surface area (Å²) in [6, 6.07) is 0.731. The summed E-state index contributed by atoms with van der Waals surface area (Å²) in [6.45, 7) is 1.63. The molecule has 1 aliphatic carbocycles. The molecule has 2 rings (SSSR count). The molecule has 0 aromatic carbocycles. The maximum Gasteiger partial charge on any atom is 0.288 e. The second-order valence-corrected chi connectivity index (χ2v) is 3.67. The monoisotopic (exact) mass is 209 g/mol. The van der Waals surface area contributed by atoms with Gasteiger partial charge < -0.3 is 10.6 Å². The third kappa shape index (κ3) is 3.32. The Balaban J connectivity index is 1.55. The first-order valence-corrected chi connectivity index (χ1v) is 5.23. The van der Waals surface area contributed by atoms with Crippen LogP contribution < -0.4 is 10.6 Å². The van der Waals surface area contributed by atoms with Gasteiger partial charge in [-0.2, -0.15) is 5.10 Å². The summed E-state index contributed by atoms with van der Waals surface area (Å²) < 4.78 is 0. The van der Waals surface area contributed by atoms with Gasteiger partial charge in [0.15, 0.2) is 0 Å². The zero-order chi connectivity index (χ0) is 10.5. The molecule has 1 aromatic rings. The van der Waals surface area contributed by atoms with Crippen LogP contribution in [0, 0.1) is 0 Å². The van der Waals surface area contributed by atoms with Crippen LogP contribution in [0.5, 0.6) is 0 Å². The van der Waals surface area contributed by atoms with Gasteiger partial charge in [0, 0.05) is 12.6 Å². The molecule has 0 bridgehead atoms. The summed E-state index contributed by atoms with van der Waals surface area (Å²) in [5.74, 6) is 0.0732. The molecule has 6 nitrogen and oxygen atoms in total. The highest BCUT2D eigenvalue weighted by Crippen LogP contribution is 2.18. The number of H-pyrrole nitrogens is 1. The number of aromatic amines is 1. The van der Waals surface area contributed by atoms with Crippen LogP contribution in [0.2, 0.25) is 0 Å². The second kappa shape index (κ2) is 4.88. The Morgan fingerprint density at radius 3 is 3.07 bits per heavy atom. The summed E-state index contributed by atoms with van der Waals surface area (Å²) in [5, 5.41) is 12.3. The topological polar surface area (TPSA) is 82.7 Å². The van der Waals surface area contributed by atoms with E-state index in [1.807, 2.05) is 0 Å². The second-order valence-electron chi connectivity index (χ2n) is 3.67. The normalized spacial score (nSPS) is 15.2. The minimum Gasteiger partial charge on any atom is -0.349 e. The molecule has 1 amide bonds. The smallest absolute Gasteiger partial charge is 0.288 e. The van der Waals surface area contributed by atoms with Crippen molar-refractivity contribution in [3.8, 4) is 0 Å². The van der Waals surface area contributed by atoms with E-state index in [1.165, 1.54) is 19.2 Å². The molecular formula is C9H15N5O. The summed E-state index contributed by atoms with van der Waals surface area (Å²) in [6.07, 6.45) is 4.86. The van der Waals surface area contributed by atoms with Crippen LogP contribution in [0.1, 0.15) is 29.9 Å². The molecule has 0 unspecified atom stereocenters. The van der Waals surface area contributed by atoms with E-state index in [0.717, 1.165) is 19.0 Å². The summed E-state index contributed by atoms with van der Waals surface area (Å²) in [4.78, 5) is 15.1. The number of carbonyl (C=O) groups is 1. The molecule has 0 atom stereocenters. The minimum atomic E-state index is -0.195. The number of hydrogen-bond donors (Lipinski definition) is 3. The van der Waals surface area contributed by atoms with E-state index in [0.29, 0.717) is 6.54 Å². The fourth-order valence-corrected chi connectivity index (χ4v) is 1.28. The van der Waals surface area contributed by atoms with Gasteiger partial charge >= 0.3 is 0 Å². The lowest BCUT2D eigenvalue weighted by Gasteiger charge is -2.03. The molecular weight excluding hydrogens is 194 g/mol. The number of nitrogens with one attached hydrogen (secondary N) is 3. The summed E-state index contributed by atoms with van der Waals surface area (Å²) in [5.41, 5.74) is 0. The Kier molecular flexibility index (Phi) is 3.29. The van der Waals surface area contributed by atoms with Crippen molar-refractivity contribution in [3.63, 3.8) is 0 Å². The molecule has 15 heavy (non-hydrogen) atoms. The van der Waals surface area contributed by atoms with Crippen molar-refractivity contribution in [1.29, 1.82) is 0 Å². The van der Waals surface area contributed by atoms with Crippen LogP contribution >= 0.6 is 0 Å². The van der Waals surface area contributed by atoms with Gasteiger partial charge in [0.25, 0.3) is 5.91 Å². The molecule has 1 aromatic heterocycles. The third-order valence-electron chi connectivity index (χ3n) is 2.28. The Morgan fingerprint density at radius 1 is 1.53 bits per heavy atom. The molecule has 1 aliphatic rings. The zero-order valence-electron chi connectivity index (χ0n) is 8.49. The number of carbonyl (C=O) groups excluding carboxylic acids is 1. The van der Waals surface area contributed by atoms with Gasteiger partial charge in [-0.3, -0.25) is 9.89 Å². The fraction of sp³-hybridized carbons (Fsp3) is 0.667. The quantitative estimate of drug-likeness (QED) is 0.561. The molecule has 82 valence electrons. The average Bonchev–Trinajstić information content (AvgIpc) is 2.90. The van der Waals surface area contributed by atoms with E-state index >= 15 is 0 Å². The van der Waals surface area contributed by atoms with Gasteiger partial charge in [-0.25, -0.2) is 4.98 Å². The molecule has 1 saturated carbocycles. The van der Waals surface area contributed by atoms with Crippen molar-refractivity contribution in [3.05, 3.63) is 12.2 Å². The highest BCUT2D eigenvalue weighted by atomic mass is 16.2. The molecule has 0 spiro atoms. The van der Waals surface area contributed by atoms with Crippen molar-refractivity contribution in [2.24, 2.45) is 0 Å². The van der Waals surface area contributed by atoms with Gasteiger partial charge in [0.2, 0.25) is 5.82 Å². The van der Waals surface area contributed by atoms with Gasteiger partial charge in [0.05, 0.1) is 0 Å². The van der Waals surface area contributed by atoms with Crippen molar-refractivity contribution >= 4 is 5.91 Å². The first-order valence-electron chi connectivity index (χ1n) is 5.23. The first kappa shape index (κ1) is 10.1. The standard InChI is InChI=1S/C9H15N5O/c15-9(8-12-6-13-14-8)11-5-1-4-10-7-2-3-7/h6-7,10H,1-5H2,(H,11,15)(H,12,13,14). The number of hydrogen-bond acceptors (Lipinski definition) is 4. The average molecular weight is 209 g/mol. The lowest BCUT2D eigenvalue weighted by molar-refractivity contribution is 0.0943. The van der Waals surface area contributed by atoms with Crippen LogP contribution in [0.15, 0.2) is 6.33 Å². The highest BCUT2D eigenvalue weighted by molar-refractivity contribution is 5.90. The molecule has 1 heterocycles. The van der Waals surface area contributed by atoms with Crippen molar-refractivity contribution in [2.75, 3.05) is 13.1 Å². The van der Waals surface area contributed by atoms with Gasteiger partial charge in [0.1, 0.15) is 6.33 Å². The predicted octanol–water partition coefficient (Wildman–Crippen LogP) is -0.323. The van der Waals surface area contributed by atoms with Crippen LogP contribution in [0.25, 0.3) is 0 Å².